The highest BCUT2D eigenvalue weighted by Crippen LogP contribution is 2.03. The minimum absolute atomic E-state index is 0.0586. The number of ether oxygens (including phenoxy) is 1. The summed E-state index contributed by atoms with van der Waals surface area (Å²) in [6.45, 7) is 2.34. The van der Waals surface area contributed by atoms with Crippen molar-refractivity contribution in [2.45, 2.75) is 51.9 Å². The van der Waals surface area contributed by atoms with Gasteiger partial charge in [-0.05, 0) is 12.8 Å². The molecule has 4 heteroatoms. The Morgan fingerprint density at radius 2 is 1.80 bits per heavy atom. The largest absolute Gasteiger partial charge is 0.481 e. The summed E-state index contributed by atoms with van der Waals surface area (Å²) in [6.07, 6.45) is 5.12. The molecule has 0 spiro atoms. The maximum absolute atomic E-state index is 11.1. The second kappa shape index (κ2) is 9.49. The van der Waals surface area contributed by atoms with Crippen molar-refractivity contribution < 1.29 is 19.4 Å². The molecular weight excluding hydrogens is 196 g/mol. The summed E-state index contributed by atoms with van der Waals surface area (Å²) in [7, 11) is 0. The van der Waals surface area contributed by atoms with Gasteiger partial charge in [-0.25, -0.2) is 0 Å². The van der Waals surface area contributed by atoms with Gasteiger partial charge in [-0.3, -0.25) is 9.59 Å². The molecule has 0 aromatic heterocycles. The summed E-state index contributed by atoms with van der Waals surface area (Å²) in [5.74, 6) is -1.06. The zero-order valence-electron chi connectivity index (χ0n) is 9.33. The quantitative estimate of drug-likeness (QED) is 0.474. The van der Waals surface area contributed by atoms with Crippen molar-refractivity contribution in [3.63, 3.8) is 0 Å². The van der Waals surface area contributed by atoms with Crippen LogP contribution in [0.25, 0.3) is 0 Å². The van der Waals surface area contributed by atoms with Crippen LogP contribution < -0.4 is 0 Å². The topological polar surface area (TPSA) is 63.6 Å². The van der Waals surface area contributed by atoms with Crippen LogP contribution in [0, 0.1) is 0 Å². The summed E-state index contributed by atoms with van der Waals surface area (Å²) in [5, 5.41) is 8.34. The van der Waals surface area contributed by atoms with Gasteiger partial charge in [0.05, 0.1) is 6.61 Å². The number of carbonyl (C=O) groups excluding carboxylic acids is 1. The Morgan fingerprint density at radius 3 is 2.40 bits per heavy atom. The van der Waals surface area contributed by atoms with Crippen molar-refractivity contribution in [1.82, 2.24) is 0 Å². The van der Waals surface area contributed by atoms with Gasteiger partial charge < -0.3 is 9.84 Å². The number of carboxylic acids is 1. The van der Waals surface area contributed by atoms with E-state index in [0.29, 0.717) is 12.8 Å². The van der Waals surface area contributed by atoms with Gasteiger partial charge in [-0.2, -0.15) is 0 Å². The minimum Gasteiger partial charge on any atom is -0.481 e. The number of unbranched alkanes of at least 4 members (excludes halogenated alkanes) is 3. The van der Waals surface area contributed by atoms with Crippen LogP contribution in [-0.2, 0) is 14.3 Å². The van der Waals surface area contributed by atoms with E-state index < -0.39 is 5.97 Å². The molecule has 88 valence electrons. The molecule has 0 aliphatic rings. The molecular formula is C11H20O4. The summed E-state index contributed by atoms with van der Waals surface area (Å²) < 4.78 is 4.87. The molecule has 0 aromatic carbocycles. The highest BCUT2D eigenvalue weighted by molar-refractivity contribution is 5.69. The lowest BCUT2D eigenvalue weighted by molar-refractivity contribution is -0.145. The van der Waals surface area contributed by atoms with Crippen LogP contribution in [0.5, 0.6) is 0 Å². The third-order valence-electron chi connectivity index (χ3n) is 2.03. The van der Waals surface area contributed by atoms with Crippen LogP contribution in [-0.4, -0.2) is 23.7 Å². The predicted molar refractivity (Wildman–Crippen MR) is 56.6 cm³/mol. The standard InChI is InChI=1S/C11H20O4/c1-2-3-4-5-8-11(14)15-9-6-7-10(12)13/h2-9H2,1H3,(H,12,13). The van der Waals surface area contributed by atoms with Gasteiger partial charge in [-0.15, -0.1) is 0 Å². The fraction of sp³-hybridized carbons (Fsp3) is 0.818. The average Bonchev–Trinajstić information content (AvgIpc) is 2.19. The predicted octanol–water partition coefficient (Wildman–Crippen LogP) is 2.36. The van der Waals surface area contributed by atoms with Crippen molar-refractivity contribution in [3.05, 3.63) is 0 Å². The number of hydrogen-bond acceptors (Lipinski definition) is 3. The van der Waals surface area contributed by atoms with Gasteiger partial charge >= 0.3 is 11.9 Å². The third-order valence-corrected chi connectivity index (χ3v) is 2.03. The number of hydrogen-bond donors (Lipinski definition) is 1. The molecule has 4 nitrogen and oxygen atoms in total. The lowest BCUT2D eigenvalue weighted by Crippen LogP contribution is -2.07. The van der Waals surface area contributed by atoms with Gasteiger partial charge in [0.25, 0.3) is 0 Å². The van der Waals surface area contributed by atoms with Crippen LogP contribution in [0.15, 0.2) is 0 Å². The molecule has 0 fully saturated rings. The SMILES string of the molecule is CCCCCCC(=O)OCCCC(=O)O. The second-order valence-electron chi connectivity index (χ2n) is 3.53. The molecule has 15 heavy (non-hydrogen) atoms. The van der Waals surface area contributed by atoms with Gasteiger partial charge in [-0.1, -0.05) is 26.2 Å². The molecule has 1 N–H and O–H groups in total. The highest BCUT2D eigenvalue weighted by Gasteiger charge is 2.03. The summed E-state index contributed by atoms with van der Waals surface area (Å²) >= 11 is 0. The number of carbonyl (C=O) groups is 2. The van der Waals surface area contributed by atoms with Crippen molar-refractivity contribution in [2.24, 2.45) is 0 Å². The Hall–Kier alpha value is -1.06. The molecule has 0 aliphatic heterocycles. The maximum atomic E-state index is 11.1. The van der Waals surface area contributed by atoms with Crippen molar-refractivity contribution in [3.8, 4) is 0 Å². The molecule has 0 radical (unpaired) electrons. The number of carboxylic acid groups (broad SMARTS) is 1. The highest BCUT2D eigenvalue weighted by atomic mass is 16.5. The minimum atomic E-state index is -0.853. The molecule has 0 aliphatic carbocycles. The molecule has 0 aromatic rings. The fourth-order valence-corrected chi connectivity index (χ4v) is 1.18. The molecule has 0 saturated carbocycles. The van der Waals surface area contributed by atoms with E-state index in [2.05, 4.69) is 6.92 Å². The lowest BCUT2D eigenvalue weighted by Gasteiger charge is -2.03. The van der Waals surface area contributed by atoms with Gasteiger partial charge in [0.1, 0.15) is 0 Å². The van der Waals surface area contributed by atoms with Crippen LogP contribution in [0.2, 0.25) is 0 Å². The van der Waals surface area contributed by atoms with E-state index in [1.807, 2.05) is 0 Å². The molecule has 0 atom stereocenters. The smallest absolute Gasteiger partial charge is 0.305 e. The fourth-order valence-electron chi connectivity index (χ4n) is 1.18. The number of esters is 1. The first-order valence-electron chi connectivity index (χ1n) is 5.54. The normalized spacial score (nSPS) is 9.93. The van der Waals surface area contributed by atoms with E-state index >= 15 is 0 Å². The monoisotopic (exact) mass is 216 g/mol. The van der Waals surface area contributed by atoms with Crippen LogP contribution in [0.3, 0.4) is 0 Å². The first-order chi connectivity index (χ1) is 7.16. The average molecular weight is 216 g/mol. The van der Waals surface area contributed by atoms with E-state index in [-0.39, 0.29) is 19.0 Å². The Balaban J connectivity index is 3.22. The Morgan fingerprint density at radius 1 is 1.07 bits per heavy atom. The molecule has 0 rings (SSSR count). The van der Waals surface area contributed by atoms with Crippen LogP contribution in [0.4, 0.5) is 0 Å². The van der Waals surface area contributed by atoms with Crippen LogP contribution in [0.1, 0.15) is 51.9 Å². The molecule has 0 unspecified atom stereocenters. The van der Waals surface area contributed by atoms with Gasteiger partial charge in [0.15, 0.2) is 0 Å². The van der Waals surface area contributed by atoms with Gasteiger partial charge in [0, 0.05) is 12.8 Å². The second-order valence-corrected chi connectivity index (χ2v) is 3.53. The van der Waals surface area contributed by atoms with E-state index in [0.717, 1.165) is 25.7 Å². The van der Waals surface area contributed by atoms with E-state index in [1.165, 1.54) is 0 Å². The Labute approximate surface area is 90.6 Å². The van der Waals surface area contributed by atoms with E-state index in [9.17, 15) is 9.59 Å². The molecule has 0 amide bonds. The van der Waals surface area contributed by atoms with Gasteiger partial charge in [0.2, 0.25) is 0 Å². The van der Waals surface area contributed by atoms with Crippen LogP contribution >= 0.6 is 0 Å². The molecule has 0 bridgehead atoms. The maximum Gasteiger partial charge on any atom is 0.305 e. The molecule has 0 heterocycles. The summed E-state index contributed by atoms with van der Waals surface area (Å²) in [4.78, 5) is 21.2. The zero-order chi connectivity index (χ0) is 11.5. The van der Waals surface area contributed by atoms with E-state index in [4.69, 9.17) is 9.84 Å². The first-order valence-corrected chi connectivity index (χ1v) is 5.54. The summed E-state index contributed by atoms with van der Waals surface area (Å²) in [6, 6.07) is 0. The number of aliphatic carboxylic acids is 1. The lowest BCUT2D eigenvalue weighted by atomic mass is 10.2. The van der Waals surface area contributed by atoms with Crippen molar-refractivity contribution in [2.75, 3.05) is 6.61 Å². The van der Waals surface area contributed by atoms with Crippen molar-refractivity contribution in [1.29, 1.82) is 0 Å². The Kier molecular flexibility index (Phi) is 8.82. The first kappa shape index (κ1) is 13.9. The third kappa shape index (κ3) is 10.9. The number of rotatable bonds is 9. The van der Waals surface area contributed by atoms with Crippen molar-refractivity contribution >= 4 is 11.9 Å². The summed E-state index contributed by atoms with van der Waals surface area (Å²) in [5.41, 5.74) is 0. The van der Waals surface area contributed by atoms with E-state index in [1.54, 1.807) is 0 Å². The zero-order valence-corrected chi connectivity index (χ0v) is 9.33. The Bertz CT molecular complexity index is 189. The molecule has 0 saturated heterocycles.